The average Bonchev–Trinajstić information content (AvgIpc) is 3.21. The normalized spacial score (nSPS) is 18.9. The lowest BCUT2D eigenvalue weighted by Gasteiger charge is -2.38. The van der Waals surface area contributed by atoms with Gasteiger partial charge < -0.3 is 15.1 Å². The van der Waals surface area contributed by atoms with Crippen molar-refractivity contribution in [1.29, 1.82) is 0 Å². The van der Waals surface area contributed by atoms with Gasteiger partial charge in [0.05, 0.1) is 9.58 Å². The number of likely N-dealkylation sites (tertiary alicyclic amines) is 1. The molecule has 2 aliphatic rings. The number of fused-ring (bicyclic) bond motifs is 1. The van der Waals surface area contributed by atoms with Crippen LogP contribution in [0.15, 0.2) is 6.07 Å². The molecule has 0 unspecified atom stereocenters. The first-order valence-electron chi connectivity index (χ1n) is 8.14. The summed E-state index contributed by atoms with van der Waals surface area (Å²) in [6.07, 6.45) is 3.53. The van der Waals surface area contributed by atoms with Crippen molar-refractivity contribution >= 4 is 68.1 Å². The highest BCUT2D eigenvalue weighted by Gasteiger charge is 2.38. The number of hydrogen-bond donors (Lipinski definition) is 1. The molecule has 0 bridgehead atoms. The van der Waals surface area contributed by atoms with Crippen LogP contribution >= 0.6 is 47.5 Å². The minimum atomic E-state index is 0. The summed E-state index contributed by atoms with van der Waals surface area (Å²) in [5.41, 5.74) is 0.453. The predicted octanol–water partition coefficient (Wildman–Crippen LogP) is 3.48. The van der Waals surface area contributed by atoms with Gasteiger partial charge in [-0.15, -0.1) is 36.2 Å². The molecule has 0 aromatic carbocycles. The van der Waals surface area contributed by atoms with Crippen LogP contribution in [0, 0.1) is 5.41 Å². The number of rotatable bonds is 2. The Morgan fingerprint density at radius 2 is 1.96 bits per heavy atom. The van der Waals surface area contributed by atoms with Gasteiger partial charge in [-0.25, -0.2) is 4.98 Å². The second-order valence-electron chi connectivity index (χ2n) is 6.89. The molecule has 2 fully saturated rings. The maximum Gasteiger partial charge on any atom is 0.264 e. The minimum Gasteiger partial charge on any atom is -0.354 e. The number of piperidine rings is 1. The lowest BCUT2D eigenvalue weighted by molar-refractivity contribution is 0.0612. The predicted molar refractivity (Wildman–Crippen MR) is 111 cm³/mol. The van der Waals surface area contributed by atoms with Gasteiger partial charge in [0.25, 0.3) is 5.91 Å². The number of thiophene rings is 1. The number of aromatic nitrogens is 1. The van der Waals surface area contributed by atoms with Crippen LogP contribution in [0.25, 0.3) is 9.53 Å². The molecule has 9 heteroatoms. The van der Waals surface area contributed by atoms with Gasteiger partial charge in [0, 0.05) is 33.7 Å². The summed E-state index contributed by atoms with van der Waals surface area (Å²) in [5, 5.41) is 4.47. The summed E-state index contributed by atoms with van der Waals surface area (Å²) in [4.78, 5) is 23.2. The number of hydrogen-bond acceptors (Lipinski definition) is 6. The number of halogens is 2. The molecule has 1 N–H and O–H groups in total. The quantitative estimate of drug-likeness (QED) is 0.804. The molecular formula is C16H24Cl2N4OS2. The van der Waals surface area contributed by atoms with E-state index in [0.29, 0.717) is 5.41 Å². The highest BCUT2D eigenvalue weighted by molar-refractivity contribution is 7.29. The Morgan fingerprint density at radius 1 is 1.24 bits per heavy atom. The molecule has 1 amide bonds. The van der Waals surface area contributed by atoms with Crippen molar-refractivity contribution < 1.29 is 4.79 Å². The Balaban J connectivity index is 0.00000113. The second kappa shape index (κ2) is 7.96. The smallest absolute Gasteiger partial charge is 0.264 e. The highest BCUT2D eigenvalue weighted by Crippen LogP contribution is 2.38. The first-order valence-corrected chi connectivity index (χ1v) is 9.77. The Labute approximate surface area is 168 Å². The van der Waals surface area contributed by atoms with Crippen molar-refractivity contribution in [2.45, 2.75) is 19.3 Å². The monoisotopic (exact) mass is 422 g/mol. The van der Waals surface area contributed by atoms with Gasteiger partial charge in [-0.2, -0.15) is 0 Å². The fraction of sp³-hybridized carbons (Fsp3) is 0.625. The summed E-state index contributed by atoms with van der Waals surface area (Å²) in [5.74, 6) is 0.187. The summed E-state index contributed by atoms with van der Waals surface area (Å²) in [6.45, 7) is 4.04. The molecule has 4 rings (SSSR count). The maximum absolute atomic E-state index is 12.8. The Morgan fingerprint density at radius 3 is 2.52 bits per heavy atom. The van der Waals surface area contributed by atoms with Crippen molar-refractivity contribution in [2.24, 2.45) is 5.41 Å². The molecule has 25 heavy (non-hydrogen) atoms. The van der Waals surface area contributed by atoms with Crippen LogP contribution in [0.4, 0.5) is 5.13 Å². The second-order valence-corrected chi connectivity index (χ2v) is 8.93. The third-order valence-corrected chi connectivity index (χ3v) is 7.43. The number of nitrogens with zero attached hydrogens (tertiary/aromatic N) is 3. The van der Waals surface area contributed by atoms with Gasteiger partial charge in [0.15, 0.2) is 5.13 Å². The van der Waals surface area contributed by atoms with E-state index in [1.807, 2.05) is 30.0 Å². The molecule has 2 aromatic rings. The minimum absolute atomic E-state index is 0. The zero-order valence-corrected chi connectivity index (χ0v) is 17.7. The van der Waals surface area contributed by atoms with Crippen LogP contribution in [-0.4, -0.2) is 56.1 Å². The van der Waals surface area contributed by atoms with Crippen LogP contribution in [-0.2, 0) is 0 Å². The van der Waals surface area contributed by atoms with Crippen molar-refractivity contribution in [3.8, 4) is 0 Å². The third kappa shape index (κ3) is 3.90. The largest absolute Gasteiger partial charge is 0.354 e. The van der Waals surface area contributed by atoms with Crippen LogP contribution < -0.4 is 10.2 Å². The van der Waals surface area contributed by atoms with Crippen LogP contribution in [0.2, 0.25) is 0 Å². The van der Waals surface area contributed by atoms with E-state index in [1.54, 1.807) is 11.3 Å². The van der Waals surface area contributed by atoms with Crippen LogP contribution in [0.3, 0.4) is 0 Å². The molecule has 0 aliphatic carbocycles. The Kier molecular flexibility index (Phi) is 6.60. The highest BCUT2D eigenvalue weighted by atomic mass is 35.5. The van der Waals surface area contributed by atoms with Crippen molar-refractivity contribution in [3.05, 3.63) is 10.9 Å². The third-order valence-electron chi connectivity index (χ3n) is 5.11. The van der Waals surface area contributed by atoms with Gasteiger partial charge in [0.1, 0.15) is 4.83 Å². The van der Waals surface area contributed by atoms with Crippen molar-refractivity contribution in [2.75, 3.05) is 45.2 Å². The summed E-state index contributed by atoms with van der Waals surface area (Å²) in [6, 6.07) is 2.02. The Hall–Kier alpha value is -0.600. The van der Waals surface area contributed by atoms with Crippen LogP contribution in [0.1, 0.15) is 28.9 Å². The van der Waals surface area contributed by atoms with Crippen molar-refractivity contribution in [3.63, 3.8) is 0 Å². The van der Waals surface area contributed by atoms with E-state index in [1.165, 1.54) is 17.8 Å². The molecule has 2 aliphatic heterocycles. The van der Waals surface area contributed by atoms with E-state index in [0.717, 1.165) is 58.6 Å². The van der Waals surface area contributed by atoms with Gasteiger partial charge in [-0.05, 0) is 37.3 Å². The molecule has 5 nitrogen and oxygen atoms in total. The van der Waals surface area contributed by atoms with E-state index in [2.05, 4.69) is 10.3 Å². The molecule has 0 radical (unpaired) electrons. The Bertz CT molecular complexity index is 698. The first kappa shape index (κ1) is 20.7. The molecule has 0 saturated carbocycles. The summed E-state index contributed by atoms with van der Waals surface area (Å²) >= 11 is 3.18. The van der Waals surface area contributed by atoms with E-state index < -0.39 is 0 Å². The number of carbonyl (C=O) groups excluding carboxylic acids is 1. The molecule has 2 saturated heterocycles. The van der Waals surface area contributed by atoms with Crippen molar-refractivity contribution in [1.82, 2.24) is 15.2 Å². The zero-order chi connectivity index (χ0) is 16.0. The van der Waals surface area contributed by atoms with E-state index in [-0.39, 0.29) is 30.7 Å². The van der Waals surface area contributed by atoms with Gasteiger partial charge in [0.2, 0.25) is 0 Å². The summed E-state index contributed by atoms with van der Waals surface area (Å²) in [7, 11) is 3.99. The number of anilines is 1. The van der Waals surface area contributed by atoms with Gasteiger partial charge >= 0.3 is 0 Å². The lowest BCUT2D eigenvalue weighted by atomic mass is 9.78. The van der Waals surface area contributed by atoms with E-state index in [4.69, 9.17) is 0 Å². The SMILES string of the molecule is CN(C)c1nc2sc(C(=O)N3CCC4(CCNC4)CC3)cc2s1.Cl.Cl. The lowest BCUT2D eigenvalue weighted by Crippen LogP contribution is -2.43. The number of nitrogens with one attached hydrogen (secondary N) is 1. The first-order chi connectivity index (χ1) is 11.1. The summed E-state index contributed by atoms with van der Waals surface area (Å²) < 4.78 is 1.12. The topological polar surface area (TPSA) is 48.5 Å². The standard InChI is InChI=1S/C16H22N4OS2.2ClH/c1-19(2)15-18-13-11(23-15)9-12(22-13)14(21)20-7-4-16(5-8-20)3-6-17-10-16;;/h9,17H,3-8,10H2,1-2H3;2*1H. The van der Waals surface area contributed by atoms with E-state index in [9.17, 15) is 4.79 Å². The molecule has 2 aromatic heterocycles. The molecule has 0 atom stereocenters. The van der Waals surface area contributed by atoms with Crippen LogP contribution in [0.5, 0.6) is 0 Å². The number of thiazole rings is 1. The number of amides is 1. The van der Waals surface area contributed by atoms with Gasteiger partial charge in [-0.3, -0.25) is 4.79 Å². The molecule has 4 heterocycles. The fourth-order valence-electron chi connectivity index (χ4n) is 3.58. The molecule has 140 valence electrons. The zero-order valence-electron chi connectivity index (χ0n) is 14.4. The van der Waals surface area contributed by atoms with Gasteiger partial charge in [-0.1, -0.05) is 11.3 Å². The fourth-order valence-corrected chi connectivity index (χ4v) is 5.68. The average molecular weight is 423 g/mol. The number of carbonyl (C=O) groups is 1. The maximum atomic E-state index is 12.8. The van der Waals surface area contributed by atoms with E-state index >= 15 is 0 Å². The molecular weight excluding hydrogens is 399 g/mol. The molecule has 1 spiro atoms.